The fraction of sp³-hybridized carbons (Fsp3) is 0.308. The maximum atomic E-state index is 9.64. The van der Waals surface area contributed by atoms with Gasteiger partial charge in [-0.25, -0.2) is 0 Å². The minimum absolute atomic E-state index is 0.143. The molecule has 1 aromatic heterocycles. The van der Waals surface area contributed by atoms with E-state index in [1.165, 1.54) is 0 Å². The lowest BCUT2D eigenvalue weighted by molar-refractivity contribution is 0.471. The van der Waals surface area contributed by atoms with Gasteiger partial charge in [-0.05, 0) is 31.5 Å². The van der Waals surface area contributed by atoms with Crippen LogP contribution in [0.1, 0.15) is 24.2 Å². The zero-order valence-electron chi connectivity index (χ0n) is 10.3. The molecule has 0 bridgehead atoms. The molecule has 0 aliphatic rings. The molecule has 2 rings (SSSR count). The molecular weight excluding hydrogens is 214 g/mol. The molecule has 2 aromatic rings. The van der Waals surface area contributed by atoms with E-state index >= 15 is 0 Å². The molecule has 1 unspecified atom stereocenters. The maximum Gasteiger partial charge on any atom is 0.120 e. The molecule has 0 saturated carbocycles. The number of benzene rings is 1. The van der Waals surface area contributed by atoms with Gasteiger partial charge < -0.3 is 10.4 Å². The number of aromatic hydroxyl groups is 1. The molecule has 0 saturated heterocycles. The second-order valence-electron chi connectivity index (χ2n) is 4.25. The summed E-state index contributed by atoms with van der Waals surface area (Å²) in [6, 6.07) is 7.72. The SMILES string of the molecule is Cc1ccc(NC(C)c2ccnn2C)cc1O. The predicted molar refractivity (Wildman–Crippen MR) is 68.1 cm³/mol. The normalized spacial score (nSPS) is 12.4. The van der Waals surface area contributed by atoms with Crippen LogP contribution in [0.5, 0.6) is 5.75 Å². The summed E-state index contributed by atoms with van der Waals surface area (Å²) in [5, 5.41) is 17.1. The van der Waals surface area contributed by atoms with Gasteiger partial charge in [-0.1, -0.05) is 6.07 Å². The van der Waals surface area contributed by atoms with E-state index in [9.17, 15) is 5.11 Å². The third-order valence-electron chi connectivity index (χ3n) is 2.89. The average Bonchev–Trinajstić information content (AvgIpc) is 2.70. The van der Waals surface area contributed by atoms with Crippen molar-refractivity contribution in [1.29, 1.82) is 0 Å². The van der Waals surface area contributed by atoms with Crippen molar-refractivity contribution in [3.63, 3.8) is 0 Å². The second-order valence-corrected chi connectivity index (χ2v) is 4.25. The Kier molecular flexibility index (Phi) is 3.04. The van der Waals surface area contributed by atoms with Crippen molar-refractivity contribution in [3.05, 3.63) is 41.7 Å². The lowest BCUT2D eigenvalue weighted by atomic mass is 10.1. The molecule has 17 heavy (non-hydrogen) atoms. The summed E-state index contributed by atoms with van der Waals surface area (Å²) in [5.41, 5.74) is 2.88. The Morgan fingerprint density at radius 3 is 2.71 bits per heavy atom. The zero-order chi connectivity index (χ0) is 12.4. The Morgan fingerprint density at radius 1 is 1.35 bits per heavy atom. The smallest absolute Gasteiger partial charge is 0.120 e. The number of phenols is 1. The highest BCUT2D eigenvalue weighted by atomic mass is 16.3. The molecule has 90 valence electrons. The molecule has 0 spiro atoms. The third kappa shape index (κ3) is 2.41. The largest absolute Gasteiger partial charge is 0.508 e. The molecule has 0 aliphatic carbocycles. The van der Waals surface area contributed by atoms with Crippen LogP contribution in [0, 0.1) is 6.92 Å². The molecular formula is C13H17N3O. The first kappa shape index (κ1) is 11.5. The van der Waals surface area contributed by atoms with Crippen LogP contribution in [-0.2, 0) is 7.05 Å². The highest BCUT2D eigenvalue weighted by molar-refractivity contribution is 5.51. The first-order valence-electron chi connectivity index (χ1n) is 5.62. The molecule has 4 heteroatoms. The first-order valence-corrected chi connectivity index (χ1v) is 5.62. The van der Waals surface area contributed by atoms with Crippen LogP contribution >= 0.6 is 0 Å². The third-order valence-corrected chi connectivity index (χ3v) is 2.89. The molecule has 0 amide bonds. The zero-order valence-corrected chi connectivity index (χ0v) is 10.3. The second kappa shape index (κ2) is 4.49. The fourth-order valence-electron chi connectivity index (χ4n) is 1.83. The topological polar surface area (TPSA) is 50.1 Å². The first-order chi connectivity index (χ1) is 8.08. The predicted octanol–water partition coefficient (Wildman–Crippen LogP) is 2.61. The number of nitrogens with one attached hydrogen (secondary N) is 1. The van der Waals surface area contributed by atoms with E-state index in [2.05, 4.69) is 17.3 Å². The number of aromatic nitrogens is 2. The van der Waals surface area contributed by atoms with Gasteiger partial charge in [-0.2, -0.15) is 5.10 Å². The van der Waals surface area contributed by atoms with E-state index in [0.717, 1.165) is 16.9 Å². The minimum atomic E-state index is 0.143. The molecule has 0 radical (unpaired) electrons. The number of hydrogen-bond donors (Lipinski definition) is 2. The van der Waals surface area contributed by atoms with Crippen molar-refractivity contribution < 1.29 is 5.11 Å². The van der Waals surface area contributed by atoms with E-state index in [0.29, 0.717) is 5.75 Å². The van der Waals surface area contributed by atoms with E-state index < -0.39 is 0 Å². The maximum absolute atomic E-state index is 9.64. The summed E-state index contributed by atoms with van der Waals surface area (Å²) >= 11 is 0. The highest BCUT2D eigenvalue weighted by Gasteiger charge is 2.09. The monoisotopic (exact) mass is 231 g/mol. The van der Waals surface area contributed by atoms with E-state index in [1.807, 2.05) is 36.9 Å². The van der Waals surface area contributed by atoms with Gasteiger partial charge in [0.05, 0.1) is 11.7 Å². The van der Waals surface area contributed by atoms with Gasteiger partial charge >= 0.3 is 0 Å². The summed E-state index contributed by atoms with van der Waals surface area (Å²) in [6.45, 7) is 3.94. The Hall–Kier alpha value is -1.97. The van der Waals surface area contributed by atoms with Gasteiger partial charge in [0.15, 0.2) is 0 Å². The number of rotatable bonds is 3. The number of phenolic OH excluding ortho intramolecular Hbond substituents is 1. The highest BCUT2D eigenvalue weighted by Crippen LogP contribution is 2.24. The van der Waals surface area contributed by atoms with Crippen molar-refractivity contribution in [2.24, 2.45) is 7.05 Å². The molecule has 1 atom stereocenters. The molecule has 0 aliphatic heterocycles. The Bertz CT molecular complexity index is 519. The van der Waals surface area contributed by atoms with Gasteiger partial charge in [0, 0.05) is 25.0 Å². The Morgan fingerprint density at radius 2 is 2.12 bits per heavy atom. The quantitative estimate of drug-likeness (QED) is 0.853. The molecule has 0 fully saturated rings. The van der Waals surface area contributed by atoms with E-state index in [-0.39, 0.29) is 6.04 Å². The number of anilines is 1. The van der Waals surface area contributed by atoms with Crippen molar-refractivity contribution in [2.75, 3.05) is 5.32 Å². The van der Waals surface area contributed by atoms with Crippen molar-refractivity contribution in [1.82, 2.24) is 9.78 Å². The van der Waals surface area contributed by atoms with Crippen LogP contribution in [-0.4, -0.2) is 14.9 Å². The number of nitrogens with zero attached hydrogens (tertiary/aromatic N) is 2. The van der Waals surface area contributed by atoms with Gasteiger partial charge in [0.25, 0.3) is 0 Å². The molecule has 2 N–H and O–H groups in total. The Balaban J connectivity index is 2.16. The number of hydrogen-bond acceptors (Lipinski definition) is 3. The summed E-state index contributed by atoms with van der Waals surface area (Å²) in [6.07, 6.45) is 1.78. The van der Waals surface area contributed by atoms with Crippen LogP contribution in [0.4, 0.5) is 5.69 Å². The van der Waals surface area contributed by atoms with Crippen molar-refractivity contribution >= 4 is 5.69 Å². The Labute approximate surface area is 101 Å². The van der Waals surface area contributed by atoms with Crippen LogP contribution in [0.15, 0.2) is 30.5 Å². The van der Waals surface area contributed by atoms with Gasteiger partial charge in [-0.15, -0.1) is 0 Å². The summed E-state index contributed by atoms with van der Waals surface area (Å²) in [4.78, 5) is 0. The lowest BCUT2D eigenvalue weighted by Gasteiger charge is -2.16. The van der Waals surface area contributed by atoms with Crippen LogP contribution in [0.2, 0.25) is 0 Å². The van der Waals surface area contributed by atoms with Crippen LogP contribution in [0.3, 0.4) is 0 Å². The van der Waals surface area contributed by atoms with Crippen molar-refractivity contribution in [2.45, 2.75) is 19.9 Å². The number of aryl methyl sites for hydroxylation is 2. The summed E-state index contributed by atoms with van der Waals surface area (Å²) < 4.78 is 1.84. The van der Waals surface area contributed by atoms with Crippen LogP contribution in [0.25, 0.3) is 0 Å². The van der Waals surface area contributed by atoms with Crippen LogP contribution < -0.4 is 5.32 Å². The van der Waals surface area contributed by atoms with E-state index in [4.69, 9.17) is 0 Å². The summed E-state index contributed by atoms with van der Waals surface area (Å²) in [5.74, 6) is 0.312. The van der Waals surface area contributed by atoms with Gasteiger partial charge in [-0.3, -0.25) is 4.68 Å². The van der Waals surface area contributed by atoms with Gasteiger partial charge in [0.1, 0.15) is 5.75 Å². The van der Waals surface area contributed by atoms with E-state index in [1.54, 1.807) is 12.3 Å². The minimum Gasteiger partial charge on any atom is -0.508 e. The fourth-order valence-corrected chi connectivity index (χ4v) is 1.83. The average molecular weight is 231 g/mol. The van der Waals surface area contributed by atoms with Gasteiger partial charge in [0.2, 0.25) is 0 Å². The van der Waals surface area contributed by atoms with Crippen molar-refractivity contribution in [3.8, 4) is 5.75 Å². The standard InChI is InChI=1S/C13H17N3O/c1-9-4-5-11(8-13(9)17)15-10(2)12-6-7-14-16(12)3/h4-8,10,15,17H,1-3H3. The molecule has 4 nitrogen and oxygen atoms in total. The molecule has 1 heterocycles. The molecule has 1 aromatic carbocycles. The lowest BCUT2D eigenvalue weighted by Crippen LogP contribution is -2.11. The summed E-state index contributed by atoms with van der Waals surface area (Å²) in [7, 11) is 1.92.